The number of ether oxygens (including phenoxy) is 1. The van der Waals surface area contributed by atoms with Gasteiger partial charge < -0.3 is 14.5 Å². The molecule has 1 aromatic rings. The number of carbonyl (C=O) groups is 2. The molecule has 26 heavy (non-hydrogen) atoms. The van der Waals surface area contributed by atoms with E-state index in [1.165, 1.54) is 13.5 Å². The SMILES string of the molecule is COCC(=O)N1CCC[C@H](c2ncc(C(=O)N3CCCCC3)c(C)n2)C1. The van der Waals surface area contributed by atoms with E-state index < -0.39 is 0 Å². The molecule has 0 bridgehead atoms. The first-order chi connectivity index (χ1) is 12.6. The van der Waals surface area contributed by atoms with Gasteiger partial charge in [-0.25, -0.2) is 9.97 Å². The predicted molar refractivity (Wildman–Crippen MR) is 97.0 cm³/mol. The molecular formula is C19H28N4O3. The van der Waals surface area contributed by atoms with Crippen LogP contribution in [0.4, 0.5) is 0 Å². The van der Waals surface area contributed by atoms with Crippen LogP contribution in [-0.2, 0) is 9.53 Å². The highest BCUT2D eigenvalue weighted by Crippen LogP contribution is 2.25. The summed E-state index contributed by atoms with van der Waals surface area (Å²) < 4.78 is 4.95. The van der Waals surface area contributed by atoms with Crippen molar-refractivity contribution in [3.05, 3.63) is 23.3 Å². The van der Waals surface area contributed by atoms with Crippen LogP contribution in [0.15, 0.2) is 6.20 Å². The number of aromatic nitrogens is 2. The van der Waals surface area contributed by atoms with Crippen LogP contribution in [-0.4, -0.2) is 71.5 Å². The van der Waals surface area contributed by atoms with Crippen LogP contribution in [0.3, 0.4) is 0 Å². The van der Waals surface area contributed by atoms with Crippen molar-refractivity contribution in [1.29, 1.82) is 0 Å². The van der Waals surface area contributed by atoms with Crippen LogP contribution in [0.1, 0.15) is 59.9 Å². The molecule has 1 atom stereocenters. The summed E-state index contributed by atoms with van der Waals surface area (Å²) in [6.45, 7) is 4.98. The summed E-state index contributed by atoms with van der Waals surface area (Å²) in [4.78, 5) is 37.6. The van der Waals surface area contributed by atoms with E-state index in [0.29, 0.717) is 12.1 Å². The Morgan fingerprint density at radius 3 is 2.58 bits per heavy atom. The lowest BCUT2D eigenvalue weighted by molar-refractivity contribution is -0.136. The molecule has 3 rings (SSSR count). The molecule has 0 aromatic carbocycles. The third-order valence-corrected chi connectivity index (χ3v) is 5.28. The van der Waals surface area contributed by atoms with Crippen molar-refractivity contribution in [2.24, 2.45) is 0 Å². The van der Waals surface area contributed by atoms with Crippen molar-refractivity contribution in [2.75, 3.05) is 39.9 Å². The first-order valence-corrected chi connectivity index (χ1v) is 9.49. The molecular weight excluding hydrogens is 332 g/mol. The summed E-state index contributed by atoms with van der Waals surface area (Å²) in [5, 5.41) is 0. The molecule has 2 amide bonds. The second-order valence-electron chi connectivity index (χ2n) is 7.19. The Labute approximate surface area is 154 Å². The summed E-state index contributed by atoms with van der Waals surface area (Å²) in [7, 11) is 1.53. The molecule has 2 aliphatic heterocycles. The van der Waals surface area contributed by atoms with E-state index in [0.717, 1.165) is 56.8 Å². The molecule has 7 heteroatoms. The van der Waals surface area contributed by atoms with Crippen molar-refractivity contribution < 1.29 is 14.3 Å². The maximum absolute atomic E-state index is 12.7. The van der Waals surface area contributed by atoms with Crippen LogP contribution in [0.5, 0.6) is 0 Å². The molecule has 2 aliphatic rings. The van der Waals surface area contributed by atoms with Crippen molar-refractivity contribution in [1.82, 2.24) is 19.8 Å². The molecule has 2 fully saturated rings. The lowest BCUT2D eigenvalue weighted by Crippen LogP contribution is -2.41. The van der Waals surface area contributed by atoms with E-state index in [1.807, 2.05) is 16.7 Å². The van der Waals surface area contributed by atoms with Gasteiger partial charge in [0.05, 0.1) is 11.3 Å². The minimum atomic E-state index is 0.00539. The third-order valence-electron chi connectivity index (χ3n) is 5.28. The molecule has 0 spiro atoms. The number of nitrogens with zero attached hydrogens (tertiary/aromatic N) is 4. The summed E-state index contributed by atoms with van der Waals surface area (Å²) in [6.07, 6.45) is 6.88. The van der Waals surface area contributed by atoms with Gasteiger partial charge in [-0.2, -0.15) is 0 Å². The van der Waals surface area contributed by atoms with Crippen LogP contribution in [0, 0.1) is 6.92 Å². The molecule has 142 valence electrons. The number of carbonyl (C=O) groups excluding carboxylic acids is 2. The van der Waals surface area contributed by atoms with Crippen LogP contribution in [0.25, 0.3) is 0 Å². The average Bonchev–Trinajstić information content (AvgIpc) is 2.68. The molecule has 0 aliphatic carbocycles. The molecule has 3 heterocycles. The molecule has 1 aromatic heterocycles. The largest absolute Gasteiger partial charge is 0.375 e. The van der Waals surface area contributed by atoms with Gasteiger partial charge in [0.2, 0.25) is 5.91 Å². The summed E-state index contributed by atoms with van der Waals surface area (Å²) in [5.74, 6) is 0.884. The van der Waals surface area contributed by atoms with Crippen LogP contribution in [0.2, 0.25) is 0 Å². The number of piperidine rings is 2. The summed E-state index contributed by atoms with van der Waals surface area (Å²) >= 11 is 0. The fraction of sp³-hybridized carbons (Fsp3) is 0.684. The van der Waals surface area contributed by atoms with Gasteiger partial charge in [0, 0.05) is 45.4 Å². The van der Waals surface area contributed by atoms with Gasteiger partial charge in [-0.15, -0.1) is 0 Å². The summed E-state index contributed by atoms with van der Waals surface area (Å²) in [6, 6.07) is 0. The van der Waals surface area contributed by atoms with Gasteiger partial charge in [0.15, 0.2) is 0 Å². The van der Waals surface area contributed by atoms with Gasteiger partial charge in [0.25, 0.3) is 5.91 Å². The van der Waals surface area contributed by atoms with Gasteiger partial charge in [-0.1, -0.05) is 0 Å². The molecule has 7 nitrogen and oxygen atoms in total. The standard InChI is InChI=1S/C19H28N4O3/c1-14-16(19(25)22-8-4-3-5-9-22)11-20-18(21-14)15-7-6-10-23(12-15)17(24)13-26-2/h11,15H,3-10,12-13H2,1-2H3/t15-/m0/s1. The highest BCUT2D eigenvalue weighted by Gasteiger charge is 2.27. The topological polar surface area (TPSA) is 75.6 Å². The maximum Gasteiger partial charge on any atom is 0.257 e. The van der Waals surface area contributed by atoms with Crippen molar-refractivity contribution in [3.8, 4) is 0 Å². The molecule has 0 saturated carbocycles. The fourth-order valence-electron chi connectivity index (χ4n) is 3.79. The maximum atomic E-state index is 12.7. The zero-order valence-electron chi connectivity index (χ0n) is 15.7. The number of methoxy groups -OCH3 is 1. The minimum absolute atomic E-state index is 0.00539. The van der Waals surface area contributed by atoms with Gasteiger partial charge in [-0.3, -0.25) is 9.59 Å². The van der Waals surface area contributed by atoms with Gasteiger partial charge in [0.1, 0.15) is 12.4 Å². The molecule has 0 N–H and O–H groups in total. The number of hydrogen-bond donors (Lipinski definition) is 0. The minimum Gasteiger partial charge on any atom is -0.375 e. The fourth-order valence-corrected chi connectivity index (χ4v) is 3.79. The number of likely N-dealkylation sites (tertiary alicyclic amines) is 2. The zero-order chi connectivity index (χ0) is 18.5. The molecule has 2 saturated heterocycles. The van der Waals surface area contributed by atoms with E-state index in [4.69, 9.17) is 4.74 Å². The third kappa shape index (κ3) is 4.20. The van der Waals surface area contributed by atoms with Gasteiger partial charge in [-0.05, 0) is 39.0 Å². The summed E-state index contributed by atoms with van der Waals surface area (Å²) in [5.41, 5.74) is 1.32. The first-order valence-electron chi connectivity index (χ1n) is 9.49. The van der Waals surface area contributed by atoms with Crippen LogP contribution >= 0.6 is 0 Å². The Balaban J connectivity index is 1.70. The Bertz CT molecular complexity index is 658. The highest BCUT2D eigenvalue weighted by atomic mass is 16.5. The van der Waals surface area contributed by atoms with Crippen molar-refractivity contribution in [2.45, 2.75) is 44.9 Å². The van der Waals surface area contributed by atoms with E-state index in [-0.39, 0.29) is 24.3 Å². The average molecular weight is 360 g/mol. The highest BCUT2D eigenvalue weighted by molar-refractivity contribution is 5.95. The Kier molecular flexibility index (Phi) is 6.19. The normalized spacial score (nSPS) is 20.9. The first kappa shape index (κ1) is 18.8. The molecule has 0 radical (unpaired) electrons. The quantitative estimate of drug-likeness (QED) is 0.818. The van der Waals surface area contributed by atoms with Crippen molar-refractivity contribution >= 4 is 11.8 Å². The number of hydrogen-bond acceptors (Lipinski definition) is 5. The van der Waals surface area contributed by atoms with Gasteiger partial charge >= 0.3 is 0 Å². The number of aryl methyl sites for hydroxylation is 1. The second-order valence-corrected chi connectivity index (χ2v) is 7.19. The smallest absolute Gasteiger partial charge is 0.257 e. The van der Waals surface area contributed by atoms with Crippen molar-refractivity contribution in [3.63, 3.8) is 0 Å². The molecule has 0 unspecified atom stereocenters. The van der Waals surface area contributed by atoms with E-state index in [1.54, 1.807) is 6.20 Å². The Morgan fingerprint density at radius 2 is 1.88 bits per heavy atom. The van der Waals surface area contributed by atoms with E-state index in [9.17, 15) is 9.59 Å². The number of rotatable bonds is 4. The number of amides is 2. The monoisotopic (exact) mass is 360 g/mol. The van der Waals surface area contributed by atoms with E-state index >= 15 is 0 Å². The lowest BCUT2D eigenvalue weighted by atomic mass is 9.96. The second kappa shape index (κ2) is 8.58. The van der Waals surface area contributed by atoms with Crippen LogP contribution < -0.4 is 0 Å². The Morgan fingerprint density at radius 1 is 1.15 bits per heavy atom. The predicted octanol–water partition coefficient (Wildman–Crippen LogP) is 1.76. The van der Waals surface area contributed by atoms with E-state index in [2.05, 4.69) is 9.97 Å². The zero-order valence-corrected chi connectivity index (χ0v) is 15.7. The Hall–Kier alpha value is -2.02. The lowest BCUT2D eigenvalue weighted by Gasteiger charge is -2.32.